The fraction of sp³-hybridized carbons (Fsp3) is 0.0714. The second-order valence-corrected chi connectivity index (χ2v) is 7.53. The first-order valence-electron chi connectivity index (χ1n) is 10.5. The van der Waals surface area contributed by atoms with E-state index < -0.39 is 5.92 Å². The SMILES string of the molecule is O=C(Cc1ccccc1)Nc1cccc(NC(=O)C(c2ccccc2)c2ccccc2)c1. The molecule has 0 unspecified atom stereocenters. The van der Waals surface area contributed by atoms with Gasteiger partial charge in [0.05, 0.1) is 12.3 Å². The smallest absolute Gasteiger partial charge is 0.236 e. The van der Waals surface area contributed by atoms with E-state index in [9.17, 15) is 9.59 Å². The van der Waals surface area contributed by atoms with Crippen LogP contribution in [0, 0.1) is 0 Å². The van der Waals surface area contributed by atoms with Crippen molar-refractivity contribution in [1.29, 1.82) is 0 Å². The molecule has 32 heavy (non-hydrogen) atoms. The van der Waals surface area contributed by atoms with Crippen LogP contribution in [0.3, 0.4) is 0 Å². The Balaban J connectivity index is 1.49. The molecule has 0 atom stereocenters. The Morgan fingerprint density at radius 3 is 1.66 bits per heavy atom. The van der Waals surface area contributed by atoms with Gasteiger partial charge < -0.3 is 10.6 Å². The van der Waals surface area contributed by atoms with Crippen molar-refractivity contribution < 1.29 is 9.59 Å². The molecule has 4 aromatic rings. The summed E-state index contributed by atoms with van der Waals surface area (Å²) < 4.78 is 0. The van der Waals surface area contributed by atoms with Gasteiger partial charge in [-0.1, -0.05) is 97.1 Å². The van der Waals surface area contributed by atoms with E-state index in [1.54, 1.807) is 6.07 Å². The van der Waals surface area contributed by atoms with Crippen molar-refractivity contribution in [3.63, 3.8) is 0 Å². The van der Waals surface area contributed by atoms with Gasteiger partial charge in [0.15, 0.2) is 0 Å². The van der Waals surface area contributed by atoms with Gasteiger partial charge in [0.1, 0.15) is 0 Å². The summed E-state index contributed by atoms with van der Waals surface area (Å²) in [5.74, 6) is -0.671. The Kier molecular flexibility index (Phi) is 6.73. The highest BCUT2D eigenvalue weighted by molar-refractivity contribution is 5.99. The average Bonchev–Trinajstić information content (AvgIpc) is 2.81. The highest BCUT2D eigenvalue weighted by Crippen LogP contribution is 2.27. The Hall–Kier alpha value is -4.18. The number of rotatable bonds is 7. The number of amides is 2. The molecule has 0 saturated heterocycles. The molecule has 4 heteroatoms. The van der Waals surface area contributed by atoms with E-state index >= 15 is 0 Å². The third-order valence-corrected chi connectivity index (χ3v) is 5.15. The topological polar surface area (TPSA) is 58.2 Å². The maximum atomic E-state index is 13.3. The fourth-order valence-corrected chi connectivity index (χ4v) is 3.66. The van der Waals surface area contributed by atoms with Crippen LogP contribution in [0.15, 0.2) is 115 Å². The molecule has 0 heterocycles. The van der Waals surface area contributed by atoms with Crippen LogP contribution in [0.4, 0.5) is 11.4 Å². The second-order valence-electron chi connectivity index (χ2n) is 7.53. The third-order valence-electron chi connectivity index (χ3n) is 5.15. The van der Waals surface area contributed by atoms with Crippen molar-refractivity contribution in [1.82, 2.24) is 0 Å². The van der Waals surface area contributed by atoms with Crippen LogP contribution in [-0.2, 0) is 16.0 Å². The first kappa shape index (κ1) is 21.1. The Morgan fingerprint density at radius 2 is 1.09 bits per heavy atom. The van der Waals surface area contributed by atoms with Crippen molar-refractivity contribution in [3.05, 3.63) is 132 Å². The van der Waals surface area contributed by atoms with E-state index in [1.165, 1.54) is 0 Å². The second kappa shape index (κ2) is 10.2. The number of carbonyl (C=O) groups excluding carboxylic acids is 2. The Labute approximate surface area is 187 Å². The molecule has 158 valence electrons. The minimum absolute atomic E-state index is 0.105. The number of anilines is 2. The van der Waals surface area contributed by atoms with Crippen LogP contribution in [0.2, 0.25) is 0 Å². The van der Waals surface area contributed by atoms with Crippen molar-refractivity contribution in [3.8, 4) is 0 Å². The standard InChI is InChI=1S/C28H24N2O2/c31-26(19-21-11-4-1-5-12-21)29-24-17-10-18-25(20-24)30-28(32)27(22-13-6-2-7-14-22)23-15-8-3-9-16-23/h1-18,20,27H,19H2,(H,29,31)(H,30,32). The summed E-state index contributed by atoms with van der Waals surface area (Å²) in [6, 6.07) is 36.2. The van der Waals surface area contributed by atoms with Crippen LogP contribution in [0.25, 0.3) is 0 Å². The Bertz CT molecular complexity index is 1140. The molecular weight excluding hydrogens is 396 g/mol. The normalized spacial score (nSPS) is 10.5. The van der Waals surface area contributed by atoms with Gasteiger partial charge in [-0.2, -0.15) is 0 Å². The van der Waals surface area contributed by atoms with Gasteiger partial charge in [-0.15, -0.1) is 0 Å². The summed E-state index contributed by atoms with van der Waals surface area (Å²) in [6.07, 6.45) is 0.293. The van der Waals surface area contributed by atoms with Gasteiger partial charge in [-0.25, -0.2) is 0 Å². The third kappa shape index (κ3) is 5.49. The first-order chi connectivity index (χ1) is 15.7. The molecule has 4 nitrogen and oxygen atoms in total. The number of carbonyl (C=O) groups is 2. The number of nitrogens with one attached hydrogen (secondary N) is 2. The van der Waals surface area contributed by atoms with Crippen LogP contribution in [0.5, 0.6) is 0 Å². The van der Waals surface area contributed by atoms with E-state index in [0.29, 0.717) is 17.8 Å². The lowest BCUT2D eigenvalue weighted by molar-refractivity contribution is -0.117. The molecule has 4 rings (SSSR count). The molecule has 0 bridgehead atoms. The highest BCUT2D eigenvalue weighted by atomic mass is 16.2. The minimum atomic E-state index is -0.436. The van der Waals surface area contributed by atoms with Gasteiger partial charge in [-0.05, 0) is 34.9 Å². The van der Waals surface area contributed by atoms with Gasteiger partial charge in [0.25, 0.3) is 0 Å². The monoisotopic (exact) mass is 420 g/mol. The largest absolute Gasteiger partial charge is 0.326 e. The van der Waals surface area contributed by atoms with Crippen molar-refractivity contribution in [2.75, 3.05) is 10.6 Å². The molecule has 0 aliphatic heterocycles. The fourth-order valence-electron chi connectivity index (χ4n) is 3.66. The number of hydrogen-bond donors (Lipinski definition) is 2. The molecule has 2 N–H and O–H groups in total. The predicted octanol–water partition coefficient (Wildman–Crippen LogP) is 5.64. The Morgan fingerprint density at radius 1 is 0.594 bits per heavy atom. The summed E-state index contributed by atoms with van der Waals surface area (Å²) >= 11 is 0. The predicted molar refractivity (Wildman–Crippen MR) is 129 cm³/mol. The summed E-state index contributed by atoms with van der Waals surface area (Å²) in [7, 11) is 0. The molecule has 0 aliphatic carbocycles. The molecule has 0 saturated carbocycles. The van der Waals surface area contributed by atoms with Gasteiger partial charge in [-0.3, -0.25) is 9.59 Å². The molecule has 4 aromatic carbocycles. The van der Waals surface area contributed by atoms with Crippen molar-refractivity contribution in [2.45, 2.75) is 12.3 Å². The zero-order chi connectivity index (χ0) is 22.2. The lowest BCUT2D eigenvalue weighted by atomic mass is 9.90. The maximum absolute atomic E-state index is 13.3. The molecule has 0 radical (unpaired) electrons. The highest BCUT2D eigenvalue weighted by Gasteiger charge is 2.22. The van der Waals surface area contributed by atoms with E-state index in [0.717, 1.165) is 16.7 Å². The molecule has 0 fully saturated rings. The van der Waals surface area contributed by atoms with Crippen LogP contribution in [0.1, 0.15) is 22.6 Å². The number of hydrogen-bond acceptors (Lipinski definition) is 2. The van der Waals surface area contributed by atoms with Crippen LogP contribution >= 0.6 is 0 Å². The maximum Gasteiger partial charge on any atom is 0.236 e. The summed E-state index contributed by atoms with van der Waals surface area (Å²) in [5.41, 5.74) is 4.05. The van der Waals surface area contributed by atoms with Gasteiger partial charge in [0, 0.05) is 11.4 Å². The molecule has 0 aliphatic rings. The zero-order valence-electron chi connectivity index (χ0n) is 17.6. The zero-order valence-corrected chi connectivity index (χ0v) is 17.6. The molecule has 2 amide bonds. The summed E-state index contributed by atoms with van der Waals surface area (Å²) in [5, 5.41) is 5.92. The van der Waals surface area contributed by atoms with Gasteiger partial charge in [0.2, 0.25) is 11.8 Å². The van der Waals surface area contributed by atoms with Crippen LogP contribution < -0.4 is 10.6 Å². The van der Waals surface area contributed by atoms with E-state index in [1.807, 2.05) is 109 Å². The van der Waals surface area contributed by atoms with Crippen molar-refractivity contribution >= 4 is 23.2 Å². The molecule has 0 spiro atoms. The minimum Gasteiger partial charge on any atom is -0.326 e. The summed E-state index contributed by atoms with van der Waals surface area (Å²) in [6.45, 7) is 0. The quantitative estimate of drug-likeness (QED) is 0.407. The average molecular weight is 421 g/mol. The van der Waals surface area contributed by atoms with E-state index in [4.69, 9.17) is 0 Å². The van der Waals surface area contributed by atoms with Gasteiger partial charge >= 0.3 is 0 Å². The summed E-state index contributed by atoms with van der Waals surface area (Å²) in [4.78, 5) is 25.7. The van der Waals surface area contributed by atoms with Crippen LogP contribution in [-0.4, -0.2) is 11.8 Å². The number of benzene rings is 4. The molecule has 0 aromatic heterocycles. The lowest BCUT2D eigenvalue weighted by Gasteiger charge is -2.18. The molecular formula is C28H24N2O2. The lowest BCUT2D eigenvalue weighted by Crippen LogP contribution is -2.22. The van der Waals surface area contributed by atoms with Crippen molar-refractivity contribution in [2.24, 2.45) is 0 Å². The van der Waals surface area contributed by atoms with E-state index in [2.05, 4.69) is 10.6 Å². The van der Waals surface area contributed by atoms with E-state index in [-0.39, 0.29) is 11.8 Å². The first-order valence-corrected chi connectivity index (χ1v) is 10.5.